The predicted octanol–water partition coefficient (Wildman–Crippen LogP) is 7.63. The third kappa shape index (κ3) is 4.55. The van der Waals surface area contributed by atoms with Crippen molar-refractivity contribution in [3.8, 4) is 28.4 Å². The molecule has 0 amide bonds. The summed E-state index contributed by atoms with van der Waals surface area (Å²) < 4.78 is 12.9. The SMILES string of the molecule is CCOc1cc(-c2ccncc2)cc2c1N(C1CC3CCC(C1)N3CCc1ccccc1)c1ccccc1O2. The average molecular weight is 518 g/mol. The van der Waals surface area contributed by atoms with E-state index in [0.29, 0.717) is 24.7 Å². The molecule has 198 valence electrons. The highest BCUT2D eigenvalue weighted by Crippen LogP contribution is 2.55. The van der Waals surface area contributed by atoms with Gasteiger partial charge in [-0.15, -0.1) is 0 Å². The van der Waals surface area contributed by atoms with Gasteiger partial charge >= 0.3 is 0 Å². The molecule has 0 N–H and O–H groups in total. The van der Waals surface area contributed by atoms with Gasteiger partial charge in [-0.2, -0.15) is 0 Å². The van der Waals surface area contributed by atoms with Crippen LogP contribution in [0.4, 0.5) is 11.4 Å². The molecule has 2 atom stereocenters. The third-order valence-electron chi connectivity index (χ3n) is 8.67. The van der Waals surface area contributed by atoms with Crippen LogP contribution in [0.2, 0.25) is 0 Å². The highest BCUT2D eigenvalue weighted by atomic mass is 16.5. The summed E-state index contributed by atoms with van der Waals surface area (Å²) in [6.07, 6.45) is 9.65. The van der Waals surface area contributed by atoms with E-state index in [9.17, 15) is 0 Å². The van der Waals surface area contributed by atoms with Crippen molar-refractivity contribution < 1.29 is 9.47 Å². The average Bonchev–Trinajstić information content (AvgIpc) is 3.22. The maximum Gasteiger partial charge on any atom is 0.155 e. The minimum Gasteiger partial charge on any atom is -0.492 e. The summed E-state index contributed by atoms with van der Waals surface area (Å²) >= 11 is 0. The van der Waals surface area contributed by atoms with E-state index in [1.54, 1.807) is 0 Å². The lowest BCUT2D eigenvalue weighted by Gasteiger charge is -2.46. The molecule has 1 aromatic heterocycles. The summed E-state index contributed by atoms with van der Waals surface area (Å²) in [5.41, 5.74) is 5.82. The van der Waals surface area contributed by atoms with Crippen molar-refractivity contribution in [2.24, 2.45) is 0 Å². The molecule has 2 fully saturated rings. The number of pyridine rings is 1. The zero-order valence-electron chi connectivity index (χ0n) is 22.5. The number of hydrogen-bond donors (Lipinski definition) is 0. The summed E-state index contributed by atoms with van der Waals surface area (Å²) in [4.78, 5) is 9.55. The molecular formula is C34H35N3O2. The van der Waals surface area contributed by atoms with E-state index in [1.807, 2.05) is 24.5 Å². The van der Waals surface area contributed by atoms with Crippen LogP contribution in [0, 0.1) is 0 Å². The Labute approximate surface area is 231 Å². The Hall–Kier alpha value is -3.83. The van der Waals surface area contributed by atoms with Crippen LogP contribution in [-0.2, 0) is 6.42 Å². The minimum atomic E-state index is 0.394. The lowest BCUT2D eigenvalue weighted by Crippen LogP contribution is -2.50. The van der Waals surface area contributed by atoms with Crippen LogP contribution >= 0.6 is 0 Å². The van der Waals surface area contributed by atoms with Crippen molar-refractivity contribution in [3.63, 3.8) is 0 Å². The number of fused-ring (bicyclic) bond motifs is 4. The van der Waals surface area contributed by atoms with Gasteiger partial charge in [-0.25, -0.2) is 0 Å². The molecule has 5 nitrogen and oxygen atoms in total. The van der Waals surface area contributed by atoms with E-state index in [2.05, 4.69) is 88.4 Å². The van der Waals surface area contributed by atoms with Crippen LogP contribution in [0.3, 0.4) is 0 Å². The van der Waals surface area contributed by atoms with Crippen LogP contribution in [-0.4, -0.2) is 41.2 Å². The molecule has 2 unspecified atom stereocenters. The van der Waals surface area contributed by atoms with Gasteiger partial charge in [-0.05, 0) is 92.1 Å². The molecule has 4 heterocycles. The number of aromatic nitrogens is 1. The van der Waals surface area contributed by atoms with Crippen molar-refractivity contribution in [3.05, 3.63) is 96.8 Å². The number of piperidine rings is 1. The molecule has 3 aromatic carbocycles. The van der Waals surface area contributed by atoms with E-state index in [1.165, 1.54) is 18.4 Å². The summed E-state index contributed by atoms with van der Waals surface area (Å²) in [6, 6.07) is 29.4. The lowest BCUT2D eigenvalue weighted by atomic mass is 9.93. The first-order chi connectivity index (χ1) is 19.3. The number of anilines is 2. The van der Waals surface area contributed by atoms with Crippen LogP contribution in [0.1, 0.15) is 38.2 Å². The van der Waals surface area contributed by atoms with Gasteiger partial charge in [0, 0.05) is 37.1 Å². The minimum absolute atomic E-state index is 0.394. The van der Waals surface area contributed by atoms with E-state index in [4.69, 9.17) is 9.47 Å². The zero-order chi connectivity index (χ0) is 26.2. The highest BCUT2D eigenvalue weighted by Gasteiger charge is 2.44. The standard InChI is InChI=1S/C34H35N3O2/c1-2-38-32-20-26(25-14-17-35-18-15-25)21-33-34(32)37(30-10-6-7-11-31(30)39-33)29-22-27-12-13-28(23-29)36(27)19-16-24-8-4-3-5-9-24/h3-11,14-15,17-18,20-21,27-29H,2,12-13,16,19,22-23H2,1H3. The largest absolute Gasteiger partial charge is 0.492 e. The lowest BCUT2D eigenvalue weighted by molar-refractivity contribution is 0.128. The first-order valence-corrected chi connectivity index (χ1v) is 14.4. The number of nitrogens with zero attached hydrogens (tertiary/aromatic N) is 3. The molecule has 3 aliphatic heterocycles. The van der Waals surface area contributed by atoms with E-state index in [-0.39, 0.29) is 0 Å². The van der Waals surface area contributed by atoms with Crippen LogP contribution in [0.25, 0.3) is 11.1 Å². The Morgan fingerprint density at radius 2 is 1.56 bits per heavy atom. The summed E-state index contributed by atoms with van der Waals surface area (Å²) in [5, 5.41) is 0. The third-order valence-corrected chi connectivity index (χ3v) is 8.67. The van der Waals surface area contributed by atoms with Gasteiger partial charge in [0.1, 0.15) is 11.4 Å². The second kappa shape index (κ2) is 10.4. The Kier molecular flexibility index (Phi) is 6.45. The first-order valence-electron chi connectivity index (χ1n) is 14.4. The number of para-hydroxylation sites is 2. The molecule has 7 rings (SSSR count). The number of ether oxygens (including phenoxy) is 2. The van der Waals surface area contributed by atoms with Crippen molar-refractivity contribution in [1.29, 1.82) is 0 Å². The van der Waals surface area contributed by atoms with Crippen molar-refractivity contribution >= 4 is 11.4 Å². The topological polar surface area (TPSA) is 37.8 Å². The molecule has 0 radical (unpaired) electrons. The monoisotopic (exact) mass is 517 g/mol. The van der Waals surface area contributed by atoms with Gasteiger partial charge in [0.15, 0.2) is 11.5 Å². The zero-order valence-corrected chi connectivity index (χ0v) is 22.5. The quantitative estimate of drug-likeness (QED) is 0.252. The maximum absolute atomic E-state index is 6.58. The first kappa shape index (κ1) is 24.2. The molecule has 0 saturated carbocycles. The number of hydrogen-bond acceptors (Lipinski definition) is 5. The van der Waals surface area contributed by atoms with Crippen LogP contribution in [0.15, 0.2) is 91.3 Å². The number of rotatable bonds is 7. The highest BCUT2D eigenvalue weighted by molar-refractivity contribution is 5.86. The normalized spacial score (nSPS) is 21.7. The molecular weight excluding hydrogens is 482 g/mol. The fourth-order valence-corrected chi connectivity index (χ4v) is 6.96. The Morgan fingerprint density at radius 1 is 0.821 bits per heavy atom. The van der Waals surface area contributed by atoms with Gasteiger partial charge in [-0.3, -0.25) is 9.88 Å². The van der Waals surface area contributed by atoms with Gasteiger partial charge in [0.2, 0.25) is 0 Å². The van der Waals surface area contributed by atoms with Crippen molar-refractivity contribution in [2.45, 2.75) is 57.2 Å². The molecule has 5 heteroatoms. The molecule has 4 aromatic rings. The van der Waals surface area contributed by atoms with Gasteiger partial charge in [0.25, 0.3) is 0 Å². The molecule has 2 bridgehead atoms. The summed E-state index contributed by atoms with van der Waals surface area (Å²) in [7, 11) is 0. The predicted molar refractivity (Wildman–Crippen MR) is 156 cm³/mol. The van der Waals surface area contributed by atoms with E-state index < -0.39 is 0 Å². The van der Waals surface area contributed by atoms with Crippen molar-refractivity contribution in [1.82, 2.24) is 9.88 Å². The summed E-state index contributed by atoms with van der Waals surface area (Å²) in [5.74, 6) is 2.67. The number of benzene rings is 3. The van der Waals surface area contributed by atoms with E-state index in [0.717, 1.165) is 65.6 Å². The molecule has 0 spiro atoms. The Morgan fingerprint density at radius 3 is 2.33 bits per heavy atom. The second-order valence-corrected chi connectivity index (χ2v) is 10.9. The fourth-order valence-electron chi connectivity index (χ4n) is 6.96. The molecule has 2 saturated heterocycles. The molecule has 39 heavy (non-hydrogen) atoms. The Balaban J connectivity index is 1.23. The van der Waals surface area contributed by atoms with Gasteiger partial charge in [-0.1, -0.05) is 42.5 Å². The molecule has 0 aliphatic carbocycles. The van der Waals surface area contributed by atoms with Crippen molar-refractivity contribution in [2.75, 3.05) is 18.1 Å². The fraction of sp³-hybridized carbons (Fsp3) is 0.324. The van der Waals surface area contributed by atoms with E-state index >= 15 is 0 Å². The Bertz CT molecular complexity index is 1430. The van der Waals surface area contributed by atoms with Gasteiger partial charge in [0.05, 0.1) is 12.3 Å². The van der Waals surface area contributed by atoms with Gasteiger partial charge < -0.3 is 14.4 Å². The van der Waals surface area contributed by atoms with Crippen LogP contribution < -0.4 is 14.4 Å². The smallest absolute Gasteiger partial charge is 0.155 e. The van der Waals surface area contributed by atoms with Crippen LogP contribution in [0.5, 0.6) is 17.2 Å². The molecule has 3 aliphatic rings. The summed E-state index contributed by atoms with van der Waals surface area (Å²) in [6.45, 7) is 3.80. The maximum atomic E-state index is 6.58. The second-order valence-electron chi connectivity index (χ2n) is 10.9.